The lowest BCUT2D eigenvalue weighted by Crippen LogP contribution is -2.27. The lowest BCUT2D eigenvalue weighted by Gasteiger charge is -2.18. The summed E-state index contributed by atoms with van der Waals surface area (Å²) in [5, 5.41) is 49.7. The monoisotopic (exact) mass is 1830 g/mol. The molecule has 0 aliphatic carbocycles. The maximum Gasteiger partial charge on any atom is 0.204 e. The Morgan fingerprint density at radius 3 is 1.09 bits per heavy atom. The number of halogens is 1. The van der Waals surface area contributed by atoms with Gasteiger partial charge in [-0.25, -0.2) is 19.9 Å². The van der Waals surface area contributed by atoms with Crippen LogP contribution in [0.15, 0.2) is 158 Å². The molecule has 12 heterocycles. The zero-order valence-corrected chi connectivity index (χ0v) is 80.6. The molecule has 4 aliphatic heterocycles. The molecular formula is C103H129ClN16O13. The topological polar surface area (TPSA) is 349 Å². The number of hydrogen-bond acceptors (Lipinski definition) is 25. The van der Waals surface area contributed by atoms with Crippen molar-refractivity contribution in [2.45, 2.75) is 219 Å². The van der Waals surface area contributed by atoms with Crippen LogP contribution >= 0.6 is 11.6 Å². The number of anilines is 3. The smallest absolute Gasteiger partial charge is 0.204 e. The number of aryl methyl sites for hydroxylation is 12. The normalized spacial score (nSPS) is 16.5. The number of aliphatic hydroxyl groups excluding tert-OH is 2. The van der Waals surface area contributed by atoms with Gasteiger partial charge >= 0.3 is 0 Å². The summed E-state index contributed by atoms with van der Waals surface area (Å²) in [6.07, 6.45) is 1.68. The summed E-state index contributed by atoms with van der Waals surface area (Å²) < 4.78 is 59.3. The van der Waals surface area contributed by atoms with E-state index in [1.165, 1.54) is 29.5 Å². The number of nitrogens with zero attached hydrogens (tertiary/aromatic N) is 12. The summed E-state index contributed by atoms with van der Waals surface area (Å²) in [6.45, 7) is 43.9. The van der Waals surface area contributed by atoms with E-state index in [-0.39, 0.29) is 43.0 Å². The van der Waals surface area contributed by atoms with E-state index in [0.29, 0.717) is 101 Å². The summed E-state index contributed by atoms with van der Waals surface area (Å²) >= 11 is 6.49. The highest BCUT2D eigenvalue weighted by Gasteiger charge is 2.35. The van der Waals surface area contributed by atoms with Crippen LogP contribution in [0.25, 0.3) is 44.1 Å². The summed E-state index contributed by atoms with van der Waals surface area (Å²) in [6, 6.07) is 52.0. The van der Waals surface area contributed by atoms with Gasteiger partial charge in [-0.2, -0.15) is 0 Å². The molecular weight excluding hydrogens is 1700 g/mol. The van der Waals surface area contributed by atoms with Gasteiger partial charge in [-0.15, -0.1) is 0 Å². The second-order valence-electron chi connectivity index (χ2n) is 35.9. The quantitative estimate of drug-likeness (QED) is 0.0263. The fourth-order valence-electron chi connectivity index (χ4n) is 16.3. The third kappa shape index (κ3) is 26.7. The molecule has 8 aromatic heterocycles. The fraction of sp³-hybridized carbons (Fsp3) is 0.417. The number of benzene rings is 6. The van der Waals surface area contributed by atoms with Crippen LogP contribution < -0.4 is 31.2 Å². The van der Waals surface area contributed by atoms with Gasteiger partial charge in [0.2, 0.25) is 23.1 Å². The van der Waals surface area contributed by atoms with Crippen molar-refractivity contribution in [3.05, 3.63) is 264 Å². The van der Waals surface area contributed by atoms with Gasteiger partial charge in [-0.05, 0) is 278 Å². The van der Waals surface area contributed by atoms with Crippen molar-refractivity contribution < 1.29 is 63.1 Å². The molecule has 706 valence electrons. The van der Waals surface area contributed by atoms with Crippen molar-refractivity contribution in [3.8, 4) is 23.0 Å². The highest BCUT2D eigenvalue weighted by atomic mass is 35.5. The number of ether oxygens (including phenoxy) is 9. The summed E-state index contributed by atoms with van der Waals surface area (Å²) in [4.78, 5) is 37.6. The summed E-state index contributed by atoms with van der Waals surface area (Å²) in [7, 11) is 0. The molecule has 0 bridgehead atoms. The van der Waals surface area contributed by atoms with Crippen LogP contribution in [0.2, 0.25) is 5.28 Å². The Balaban J connectivity index is 0.000000144. The van der Waals surface area contributed by atoms with E-state index in [2.05, 4.69) is 141 Å². The molecule has 9 N–H and O–H groups in total. The van der Waals surface area contributed by atoms with E-state index in [9.17, 15) is 15.3 Å². The largest absolute Gasteiger partial charge is 0.506 e. The van der Waals surface area contributed by atoms with Gasteiger partial charge in [0, 0.05) is 62.2 Å². The number of nitrogens with two attached hydrogens (primary N) is 1. The molecule has 18 rings (SSSR count). The minimum atomic E-state index is -0.878. The van der Waals surface area contributed by atoms with Gasteiger partial charge in [-0.1, -0.05) is 84.9 Å². The van der Waals surface area contributed by atoms with Crippen molar-refractivity contribution in [1.29, 1.82) is 0 Å². The number of fused-ring (bicyclic) bond motifs is 4. The number of aliphatic hydroxyl groups is 2. The molecule has 0 saturated carbocycles. The van der Waals surface area contributed by atoms with E-state index in [1.807, 2.05) is 171 Å². The third-order valence-corrected chi connectivity index (χ3v) is 23.0. The molecule has 4 saturated heterocycles. The zero-order valence-electron chi connectivity index (χ0n) is 79.8. The molecule has 6 aromatic carbocycles. The van der Waals surface area contributed by atoms with Crippen molar-refractivity contribution >= 4 is 73.6 Å². The van der Waals surface area contributed by atoms with E-state index in [4.69, 9.17) is 85.0 Å². The van der Waals surface area contributed by atoms with Gasteiger partial charge in [0.15, 0.2) is 17.4 Å². The van der Waals surface area contributed by atoms with E-state index in [0.717, 1.165) is 154 Å². The number of pyridine rings is 4. The summed E-state index contributed by atoms with van der Waals surface area (Å²) in [5.74, 6) is 2.38. The molecule has 4 unspecified atom stereocenters. The number of aromatic nitrogens is 12. The second-order valence-corrected chi connectivity index (χ2v) is 36.2. The van der Waals surface area contributed by atoms with Crippen molar-refractivity contribution in [1.82, 2.24) is 58.1 Å². The minimum Gasteiger partial charge on any atom is -0.506 e. The third-order valence-electron chi connectivity index (χ3n) is 22.7. The molecule has 29 nitrogen and oxygen atoms in total. The first-order valence-electron chi connectivity index (χ1n) is 45.4. The number of nitrogens with one attached hydrogen (secondary N) is 3. The zero-order chi connectivity index (χ0) is 95.0. The number of hydrogen-bond donors (Lipinski definition) is 8. The van der Waals surface area contributed by atoms with Gasteiger partial charge < -0.3 is 103 Å². The van der Waals surface area contributed by atoms with Gasteiger partial charge in [-0.3, -0.25) is 19.9 Å². The van der Waals surface area contributed by atoms with Crippen molar-refractivity contribution in [2.75, 3.05) is 81.8 Å². The summed E-state index contributed by atoms with van der Waals surface area (Å²) in [5.41, 5.74) is 30.8. The molecule has 0 amide bonds. The van der Waals surface area contributed by atoms with Gasteiger partial charge in [0.05, 0.1) is 109 Å². The lowest BCUT2D eigenvalue weighted by atomic mass is 10.1. The van der Waals surface area contributed by atoms with Crippen LogP contribution in [0.4, 0.5) is 17.8 Å². The Kier molecular flexibility index (Phi) is 33.0. The lowest BCUT2D eigenvalue weighted by molar-refractivity contribution is -0.137. The number of rotatable bonds is 25. The molecule has 133 heavy (non-hydrogen) atoms. The van der Waals surface area contributed by atoms with Crippen LogP contribution in [0.5, 0.6) is 23.0 Å². The Labute approximate surface area is 783 Å². The molecule has 0 radical (unpaired) electrons. The molecule has 30 heteroatoms. The highest BCUT2D eigenvalue weighted by molar-refractivity contribution is 6.29. The van der Waals surface area contributed by atoms with Crippen LogP contribution in [-0.2, 0) is 72.6 Å². The van der Waals surface area contributed by atoms with Crippen molar-refractivity contribution in [2.24, 2.45) is 5.73 Å². The fourth-order valence-corrected chi connectivity index (χ4v) is 16.5. The molecule has 4 atom stereocenters. The van der Waals surface area contributed by atoms with E-state index >= 15 is 0 Å². The first-order chi connectivity index (χ1) is 63.5. The Morgan fingerprint density at radius 1 is 0.421 bits per heavy atom. The average molecular weight is 1830 g/mol. The first-order valence-corrected chi connectivity index (χ1v) is 45.8. The van der Waals surface area contributed by atoms with E-state index < -0.39 is 23.5 Å². The molecule has 14 aromatic rings. The molecule has 0 spiro atoms. The maximum atomic E-state index is 10.3. The maximum absolute atomic E-state index is 10.3. The van der Waals surface area contributed by atoms with Crippen LogP contribution in [0.1, 0.15) is 156 Å². The predicted octanol–water partition coefficient (Wildman–Crippen LogP) is 17.6. The standard InChI is InChI=1S/C29H34N4O3.C23H22ClN3O.C22H28N4O3.C19H24N4O3.C6H13NO2.C4H8O/c1-19-13-20(2)27-25(14-19)33(28(32-27)30-15-23-18-35-29(4,5)36-23)16-24-26(12-11-21(3)31-24)34-17-22-9-7-6-8-10-22;1-15-11-16(2)22-20(12-15)27(23(24)26-22)13-19-21(10-9-17(3)25-19)28-14-18-7-5-4-6-8-18;1-13-8-14(2)20-18(9-13)26(11-17-19(27)7-6-15(3)24-17)21(25-20)23-10-16-12-28-22(4,5)29-16;1-11-6-12(2)18-16(7-11)23(19(22-18)20-8-14(25)10-24)9-15-17(26)5-4-13(3)21-15;1-6(2)8-4-5(3-7)9-6;1-2-4-5-3-1/h6-14,23H,15-18H2,1-5H3,(H,30,32);4-12H,13-14H2,1-3H3;6-9,16,27H,10-12H2,1-5H3,(H,23,25);4-7,14,24-26H,8-10H2,1-3H3,(H,20,22);5H,3-4,7H2,1-2H3;1-4H2. The average Bonchev–Trinajstić information content (AvgIpc) is 1.64. The van der Waals surface area contributed by atoms with Crippen LogP contribution in [-0.4, -0.2) is 186 Å². The van der Waals surface area contributed by atoms with Gasteiger partial charge in [0.1, 0.15) is 71.2 Å². The van der Waals surface area contributed by atoms with E-state index in [1.54, 1.807) is 24.3 Å². The first kappa shape index (κ1) is 98.8. The molecule has 4 aliphatic rings. The number of aromatic hydroxyl groups is 2. The Morgan fingerprint density at radius 2 is 0.752 bits per heavy atom. The second kappa shape index (κ2) is 44.4. The van der Waals surface area contributed by atoms with Crippen LogP contribution in [0, 0.1) is 83.1 Å². The minimum absolute atomic E-state index is 0.0436. The predicted molar refractivity (Wildman–Crippen MR) is 521 cm³/mol. The Hall–Kier alpha value is -11.7. The Bertz CT molecular complexity index is 6280. The van der Waals surface area contributed by atoms with Gasteiger partial charge in [0.25, 0.3) is 0 Å². The van der Waals surface area contributed by atoms with Crippen LogP contribution in [0.3, 0.4) is 0 Å². The molecule has 4 fully saturated rings. The SMILES string of the molecule is C1CCOC1.CC1(C)OCC(CN)O1.Cc1cc(C)c2nc(Cl)n(Cc3nc(C)ccc3OCc3ccccc3)c2c1.Cc1cc(C)c2nc(NCC(O)CO)n(Cc3nc(C)ccc3O)c2c1.Cc1cc(C)c2nc(NCC3COC(C)(C)O3)n(Cc3nc(C)ccc3O)c2c1.Cc1cc(C)c2nc(NCC3COC(C)(C)O3)n(Cc3nc(C)ccc3OCc3ccccc3)c2c1. The van der Waals surface area contributed by atoms with Crippen molar-refractivity contribution in [3.63, 3.8) is 0 Å². The number of imidazole rings is 4. The highest BCUT2D eigenvalue weighted by Crippen LogP contribution is 2.35.